The van der Waals surface area contributed by atoms with Gasteiger partial charge in [-0.25, -0.2) is 0 Å². The van der Waals surface area contributed by atoms with Gasteiger partial charge in [0.1, 0.15) is 0 Å². The van der Waals surface area contributed by atoms with E-state index in [9.17, 15) is 0 Å². The van der Waals surface area contributed by atoms with Crippen LogP contribution >= 0.6 is 11.6 Å². The van der Waals surface area contributed by atoms with Crippen LogP contribution < -0.4 is 5.32 Å². The SMILES string of the molecule is CCc1nn(C)c(CC2(C(C)C)CNC2)c1Cl. The van der Waals surface area contributed by atoms with E-state index < -0.39 is 0 Å². The van der Waals surface area contributed by atoms with Crippen LogP contribution in [-0.4, -0.2) is 22.9 Å². The van der Waals surface area contributed by atoms with E-state index >= 15 is 0 Å². The fraction of sp³-hybridized carbons (Fsp3) is 0.769. The van der Waals surface area contributed by atoms with Crippen LogP contribution in [0.25, 0.3) is 0 Å². The molecule has 0 spiro atoms. The summed E-state index contributed by atoms with van der Waals surface area (Å²) in [5, 5.41) is 8.76. The molecule has 1 aliphatic heterocycles. The molecule has 0 aliphatic carbocycles. The standard InChI is InChI=1S/C13H22ClN3/c1-5-10-12(14)11(17(4)16-10)6-13(9(2)3)7-15-8-13/h9,15H,5-8H2,1-4H3. The molecule has 1 saturated heterocycles. The molecule has 1 aliphatic rings. The van der Waals surface area contributed by atoms with E-state index in [0.717, 1.165) is 36.6 Å². The first-order chi connectivity index (χ1) is 8.00. The Hall–Kier alpha value is -0.540. The van der Waals surface area contributed by atoms with Crippen LogP contribution in [0.3, 0.4) is 0 Å². The van der Waals surface area contributed by atoms with E-state index in [1.165, 1.54) is 5.69 Å². The number of hydrogen-bond donors (Lipinski definition) is 1. The third-order valence-electron chi connectivity index (χ3n) is 4.20. The minimum atomic E-state index is 0.364. The normalized spacial score (nSPS) is 18.5. The van der Waals surface area contributed by atoms with Gasteiger partial charge in [0, 0.05) is 25.6 Å². The van der Waals surface area contributed by atoms with Crippen molar-refractivity contribution in [1.29, 1.82) is 0 Å². The Morgan fingerprint density at radius 2 is 2.12 bits per heavy atom. The Bertz CT molecular complexity index is 405. The predicted octanol–water partition coefficient (Wildman–Crippen LogP) is 2.42. The summed E-state index contributed by atoms with van der Waals surface area (Å²) in [4.78, 5) is 0. The highest BCUT2D eigenvalue weighted by atomic mass is 35.5. The molecule has 4 heteroatoms. The Labute approximate surface area is 109 Å². The van der Waals surface area contributed by atoms with Crippen molar-refractivity contribution >= 4 is 11.6 Å². The fourth-order valence-corrected chi connectivity index (χ4v) is 2.89. The monoisotopic (exact) mass is 255 g/mol. The van der Waals surface area contributed by atoms with Crippen LogP contribution in [0.2, 0.25) is 5.02 Å². The van der Waals surface area contributed by atoms with Crippen molar-refractivity contribution in [2.75, 3.05) is 13.1 Å². The van der Waals surface area contributed by atoms with Crippen molar-refractivity contribution < 1.29 is 0 Å². The lowest BCUT2D eigenvalue weighted by molar-refractivity contribution is 0.0969. The highest BCUT2D eigenvalue weighted by Gasteiger charge is 2.41. The van der Waals surface area contributed by atoms with Crippen LogP contribution in [0.5, 0.6) is 0 Å². The summed E-state index contributed by atoms with van der Waals surface area (Å²) in [7, 11) is 2.00. The highest BCUT2D eigenvalue weighted by molar-refractivity contribution is 6.31. The molecule has 0 saturated carbocycles. The number of nitrogens with one attached hydrogen (secondary N) is 1. The molecule has 0 aromatic carbocycles. The van der Waals surface area contributed by atoms with Gasteiger partial charge in [-0.3, -0.25) is 4.68 Å². The molecule has 1 N–H and O–H groups in total. The summed E-state index contributed by atoms with van der Waals surface area (Å²) in [6.45, 7) is 8.88. The summed E-state index contributed by atoms with van der Waals surface area (Å²) in [5.74, 6) is 0.666. The molecule has 0 atom stereocenters. The molecule has 2 rings (SSSR count). The third-order valence-corrected chi connectivity index (χ3v) is 4.64. The zero-order valence-corrected chi connectivity index (χ0v) is 11.9. The first-order valence-electron chi connectivity index (χ1n) is 6.41. The fourth-order valence-electron chi connectivity index (χ4n) is 2.53. The number of rotatable bonds is 4. The molecule has 0 radical (unpaired) electrons. The summed E-state index contributed by atoms with van der Waals surface area (Å²) in [6.07, 6.45) is 1.93. The van der Waals surface area contributed by atoms with Gasteiger partial charge in [-0.2, -0.15) is 5.10 Å². The maximum Gasteiger partial charge on any atom is 0.0849 e. The van der Waals surface area contributed by atoms with Gasteiger partial charge in [-0.15, -0.1) is 0 Å². The largest absolute Gasteiger partial charge is 0.315 e. The van der Waals surface area contributed by atoms with Crippen LogP contribution in [-0.2, 0) is 19.9 Å². The van der Waals surface area contributed by atoms with E-state index in [4.69, 9.17) is 11.6 Å². The Kier molecular flexibility index (Phi) is 3.50. The molecule has 2 heterocycles. The van der Waals surface area contributed by atoms with Crippen molar-refractivity contribution in [2.24, 2.45) is 18.4 Å². The molecule has 1 aromatic heterocycles. The molecule has 3 nitrogen and oxygen atoms in total. The molecular weight excluding hydrogens is 234 g/mol. The average Bonchev–Trinajstić information content (AvgIpc) is 2.48. The first kappa shape index (κ1) is 12.9. The lowest BCUT2D eigenvalue weighted by Gasteiger charge is -2.46. The second-order valence-corrected chi connectivity index (χ2v) is 5.86. The molecule has 17 heavy (non-hydrogen) atoms. The Morgan fingerprint density at radius 1 is 1.47 bits per heavy atom. The maximum atomic E-state index is 6.42. The molecule has 0 unspecified atom stereocenters. The Morgan fingerprint density at radius 3 is 2.47 bits per heavy atom. The Balaban J connectivity index is 2.26. The third kappa shape index (κ3) is 2.11. The summed E-state index contributed by atoms with van der Waals surface area (Å²) >= 11 is 6.42. The molecule has 0 amide bonds. The summed E-state index contributed by atoms with van der Waals surface area (Å²) in [5.41, 5.74) is 2.58. The van der Waals surface area contributed by atoms with Crippen LogP contribution in [0, 0.1) is 11.3 Å². The van der Waals surface area contributed by atoms with Gasteiger partial charge < -0.3 is 5.32 Å². The van der Waals surface area contributed by atoms with Gasteiger partial charge >= 0.3 is 0 Å². The van der Waals surface area contributed by atoms with Gasteiger partial charge in [0.05, 0.1) is 16.4 Å². The molecule has 1 aromatic rings. The van der Waals surface area contributed by atoms with E-state index in [-0.39, 0.29) is 0 Å². The van der Waals surface area contributed by atoms with Crippen molar-refractivity contribution in [3.8, 4) is 0 Å². The van der Waals surface area contributed by atoms with Crippen LogP contribution in [0.15, 0.2) is 0 Å². The van der Waals surface area contributed by atoms with Crippen LogP contribution in [0.1, 0.15) is 32.2 Å². The van der Waals surface area contributed by atoms with Crippen LogP contribution in [0.4, 0.5) is 0 Å². The van der Waals surface area contributed by atoms with Gasteiger partial charge in [-0.05, 0) is 18.8 Å². The molecular formula is C13H22ClN3. The van der Waals surface area contributed by atoms with Gasteiger partial charge in [-0.1, -0.05) is 32.4 Å². The zero-order chi connectivity index (χ0) is 12.6. The first-order valence-corrected chi connectivity index (χ1v) is 6.79. The zero-order valence-electron chi connectivity index (χ0n) is 11.2. The van der Waals surface area contributed by atoms with Crippen molar-refractivity contribution in [3.05, 3.63) is 16.4 Å². The number of halogens is 1. The minimum Gasteiger partial charge on any atom is -0.315 e. The van der Waals surface area contributed by atoms with E-state index in [1.54, 1.807) is 0 Å². The van der Waals surface area contributed by atoms with Gasteiger partial charge in [0.2, 0.25) is 0 Å². The molecule has 1 fully saturated rings. The maximum absolute atomic E-state index is 6.42. The average molecular weight is 256 g/mol. The summed E-state index contributed by atoms with van der Waals surface area (Å²) < 4.78 is 1.96. The number of nitrogens with zero attached hydrogens (tertiary/aromatic N) is 2. The quantitative estimate of drug-likeness (QED) is 0.896. The highest BCUT2D eigenvalue weighted by Crippen LogP contribution is 2.37. The number of hydrogen-bond acceptors (Lipinski definition) is 2. The van der Waals surface area contributed by atoms with E-state index in [1.807, 2.05) is 11.7 Å². The van der Waals surface area contributed by atoms with Gasteiger partial charge in [0.15, 0.2) is 0 Å². The van der Waals surface area contributed by atoms with Crippen molar-refractivity contribution in [3.63, 3.8) is 0 Å². The number of aryl methyl sites for hydroxylation is 2. The van der Waals surface area contributed by atoms with E-state index in [0.29, 0.717) is 11.3 Å². The van der Waals surface area contributed by atoms with Crippen molar-refractivity contribution in [2.45, 2.75) is 33.6 Å². The summed E-state index contributed by atoms with van der Waals surface area (Å²) in [6, 6.07) is 0. The lowest BCUT2D eigenvalue weighted by atomic mass is 9.69. The number of aromatic nitrogens is 2. The van der Waals surface area contributed by atoms with E-state index in [2.05, 4.69) is 31.2 Å². The van der Waals surface area contributed by atoms with Gasteiger partial charge in [0.25, 0.3) is 0 Å². The minimum absolute atomic E-state index is 0.364. The van der Waals surface area contributed by atoms with Crippen molar-refractivity contribution in [1.82, 2.24) is 15.1 Å². The lowest BCUT2D eigenvalue weighted by Crippen LogP contribution is -2.57. The second kappa shape index (κ2) is 4.62. The molecule has 0 bridgehead atoms. The second-order valence-electron chi connectivity index (χ2n) is 5.48. The smallest absolute Gasteiger partial charge is 0.0849 e. The molecule has 96 valence electrons. The topological polar surface area (TPSA) is 29.9 Å². The predicted molar refractivity (Wildman–Crippen MR) is 71.4 cm³/mol.